The number of hydrogen-bond acceptors (Lipinski definition) is 8. The number of carboxylic acid groups (broad SMARTS) is 1. The lowest BCUT2D eigenvalue weighted by atomic mass is 9.34. The van der Waals surface area contributed by atoms with Crippen LogP contribution in [-0.2, 0) is 14.3 Å². The summed E-state index contributed by atoms with van der Waals surface area (Å²) in [4.78, 5) is 15.2. The number of allylic oxidation sites excluding steroid dienone is 1. The molecule has 5 aliphatic rings. The van der Waals surface area contributed by atoms with E-state index < -0.39 is 11.9 Å². The highest BCUT2D eigenvalue weighted by atomic mass is 16.5. The number of anilines is 1. The number of carbonyl (C=O) groups is 1. The highest BCUT2D eigenvalue weighted by molar-refractivity contribution is 5.73. The summed E-state index contributed by atoms with van der Waals surface area (Å²) in [5.41, 5.74) is 6.12. The van der Waals surface area contributed by atoms with Crippen LogP contribution in [0.25, 0.3) is 0 Å². The lowest BCUT2D eigenvalue weighted by Crippen LogP contribution is -2.69. The molecule has 276 valence electrons. The lowest BCUT2D eigenvalue weighted by molar-refractivity contribution is -0.254. The average molecular weight is 683 g/mol. The Balaban J connectivity index is 1.43. The van der Waals surface area contributed by atoms with Crippen LogP contribution in [0.15, 0.2) is 11.6 Å². The summed E-state index contributed by atoms with van der Waals surface area (Å²) < 4.78 is 13.9. The maximum absolute atomic E-state index is 13.5. The number of tetrazole rings is 1. The number of fused-ring (bicyclic) bond motifs is 3. The second kappa shape index (κ2) is 12.3. The van der Waals surface area contributed by atoms with Gasteiger partial charge in [-0.3, -0.25) is 4.79 Å². The van der Waals surface area contributed by atoms with Crippen molar-refractivity contribution in [2.45, 2.75) is 132 Å². The Bertz CT molecular complexity index is 1450. The zero-order valence-corrected chi connectivity index (χ0v) is 32.3. The zero-order valence-electron chi connectivity index (χ0n) is 32.3. The lowest BCUT2D eigenvalue weighted by Gasteiger charge is -2.71. The third-order valence-electron chi connectivity index (χ3n) is 16.2. The fraction of sp³-hybridized carbons (Fsp3) is 0.897. The molecular formula is C39H66N6O4. The number of nitrogens with zero attached hydrogens (tertiary/aromatic N) is 4. The van der Waals surface area contributed by atoms with E-state index in [9.17, 15) is 9.90 Å². The van der Waals surface area contributed by atoms with Gasteiger partial charge in [0.05, 0.1) is 31.8 Å². The van der Waals surface area contributed by atoms with E-state index in [0.29, 0.717) is 49.4 Å². The van der Waals surface area contributed by atoms with E-state index >= 15 is 0 Å². The summed E-state index contributed by atoms with van der Waals surface area (Å²) in [5.74, 6) is 0.892. The van der Waals surface area contributed by atoms with Crippen molar-refractivity contribution in [1.82, 2.24) is 25.5 Å². The Labute approximate surface area is 295 Å². The van der Waals surface area contributed by atoms with Gasteiger partial charge in [-0.2, -0.15) is 4.80 Å². The summed E-state index contributed by atoms with van der Waals surface area (Å²) in [5, 5.41) is 28.0. The van der Waals surface area contributed by atoms with Crippen LogP contribution in [0.2, 0.25) is 0 Å². The Hall–Kier alpha value is -2.04. The van der Waals surface area contributed by atoms with Gasteiger partial charge in [-0.05, 0) is 103 Å². The maximum atomic E-state index is 13.5. The maximum Gasteiger partial charge on any atom is 0.307 e. The molecule has 0 amide bonds. The Kier molecular flexibility index (Phi) is 9.21. The van der Waals surface area contributed by atoms with Crippen LogP contribution in [-0.4, -0.2) is 69.3 Å². The topological polar surface area (TPSA) is 137 Å². The number of carboxylic acids is 1. The first-order valence-corrected chi connectivity index (χ1v) is 19.3. The molecule has 1 aromatic heterocycles. The van der Waals surface area contributed by atoms with Crippen LogP contribution in [0.1, 0.15) is 121 Å². The minimum absolute atomic E-state index is 0.145. The van der Waals surface area contributed by atoms with Gasteiger partial charge in [0.2, 0.25) is 0 Å². The molecule has 2 bridgehead atoms. The molecular weight excluding hydrogens is 616 g/mol. The molecule has 2 heterocycles. The number of nitrogen functional groups attached to an aromatic ring is 1. The number of nitrogens with two attached hydrogens (primary N) is 1. The number of rotatable bonds is 10. The van der Waals surface area contributed by atoms with Crippen molar-refractivity contribution < 1.29 is 19.4 Å². The van der Waals surface area contributed by atoms with E-state index in [-0.39, 0.29) is 50.7 Å². The van der Waals surface area contributed by atoms with Gasteiger partial charge in [0.25, 0.3) is 5.95 Å². The fourth-order valence-electron chi connectivity index (χ4n) is 12.6. The molecule has 49 heavy (non-hydrogen) atoms. The standard InChI is InChI=1S/C39H66N6O4/c1-12-41-38(11,24(4)5)21-49-31-28(45-43-33(40)42-44-45)19-39-22-48-20-35(31,8)29(39)14-13-26-27(39)15-16-37(10)30(32(46)47)34(7,25(6)23(2)3)17-18-36(26,37)9/h15,23-26,28-31,41H,12-14,16-22H2,1-11H3,(H2,40,43)(H,46,47)/t25-,26+,28-,29+,30-,31+,34-,35-,36-,37+,38+,39+/m1/s1. The van der Waals surface area contributed by atoms with Gasteiger partial charge >= 0.3 is 5.97 Å². The number of aliphatic carboxylic acids is 1. The predicted octanol–water partition coefficient (Wildman–Crippen LogP) is 6.79. The number of aromatic nitrogens is 4. The molecule has 0 unspecified atom stereocenters. The number of likely N-dealkylation sites (N-methyl/N-ethyl adjacent to an activating group) is 1. The molecule has 0 spiro atoms. The van der Waals surface area contributed by atoms with Crippen molar-refractivity contribution in [3.8, 4) is 0 Å². The van der Waals surface area contributed by atoms with Crippen molar-refractivity contribution >= 4 is 11.9 Å². The van der Waals surface area contributed by atoms with Crippen LogP contribution in [0.4, 0.5) is 5.95 Å². The summed E-state index contributed by atoms with van der Waals surface area (Å²) >= 11 is 0. The molecule has 10 nitrogen and oxygen atoms in total. The van der Waals surface area contributed by atoms with Gasteiger partial charge in [-0.1, -0.05) is 86.0 Å². The van der Waals surface area contributed by atoms with Gasteiger partial charge in [0.1, 0.15) is 6.04 Å². The van der Waals surface area contributed by atoms with E-state index in [4.69, 9.17) is 15.2 Å². The number of hydrogen-bond donors (Lipinski definition) is 3. The van der Waals surface area contributed by atoms with Crippen LogP contribution in [0.5, 0.6) is 0 Å². The zero-order chi connectivity index (χ0) is 35.9. The predicted molar refractivity (Wildman–Crippen MR) is 191 cm³/mol. The van der Waals surface area contributed by atoms with Crippen LogP contribution in [0.3, 0.4) is 0 Å². The summed E-state index contributed by atoms with van der Waals surface area (Å²) in [6.45, 7) is 27.8. The molecule has 3 saturated carbocycles. The summed E-state index contributed by atoms with van der Waals surface area (Å²) in [7, 11) is 0. The van der Waals surface area contributed by atoms with Crippen LogP contribution >= 0.6 is 0 Å². The molecule has 10 heteroatoms. The van der Waals surface area contributed by atoms with E-state index in [0.717, 1.165) is 45.1 Å². The minimum Gasteiger partial charge on any atom is -0.481 e. The van der Waals surface area contributed by atoms with E-state index in [2.05, 4.69) is 103 Å². The molecule has 4 N–H and O–H groups in total. The summed E-state index contributed by atoms with van der Waals surface area (Å²) in [6.07, 6.45) is 7.97. The van der Waals surface area contributed by atoms with Crippen molar-refractivity contribution in [3.63, 3.8) is 0 Å². The summed E-state index contributed by atoms with van der Waals surface area (Å²) in [6, 6.07) is -0.165. The fourth-order valence-corrected chi connectivity index (χ4v) is 12.6. The average Bonchev–Trinajstić information content (AvgIpc) is 3.46. The SMILES string of the molecule is CCN[C@@](C)(CO[C@H]1[C@H](n2nnc(N)n2)C[C@@]23COC[C@]1(C)[C@@H]2CC[C@H]1C3=CC[C@@]2(C)[C@H](C(=O)O)[C@@](C)([C@H](C)C(C)C)CC[C@]12C)C(C)C. The van der Waals surface area contributed by atoms with Crippen LogP contribution in [0, 0.1) is 62.6 Å². The highest BCUT2D eigenvalue weighted by Gasteiger charge is 2.72. The van der Waals surface area contributed by atoms with Gasteiger partial charge in [-0.15, -0.1) is 5.10 Å². The van der Waals surface area contributed by atoms with Gasteiger partial charge in [-0.25, -0.2) is 0 Å². The second-order valence-electron chi connectivity index (χ2n) is 18.9. The smallest absolute Gasteiger partial charge is 0.307 e. The molecule has 4 aliphatic carbocycles. The Morgan fingerprint density at radius 2 is 1.86 bits per heavy atom. The minimum atomic E-state index is -0.626. The first-order valence-electron chi connectivity index (χ1n) is 19.3. The Morgan fingerprint density at radius 3 is 2.45 bits per heavy atom. The number of nitrogens with one attached hydrogen (secondary N) is 1. The normalized spacial score (nSPS) is 43.6. The molecule has 1 aromatic rings. The molecule has 6 rings (SSSR count). The first kappa shape index (κ1) is 36.7. The van der Waals surface area contributed by atoms with Crippen molar-refractivity contribution in [3.05, 3.63) is 11.6 Å². The quantitative estimate of drug-likeness (QED) is 0.228. The largest absolute Gasteiger partial charge is 0.481 e. The molecule has 12 atom stereocenters. The number of ether oxygens (including phenoxy) is 2. The van der Waals surface area contributed by atoms with Gasteiger partial charge in [0, 0.05) is 16.4 Å². The molecule has 1 saturated heterocycles. The van der Waals surface area contributed by atoms with Crippen LogP contribution < -0.4 is 11.1 Å². The van der Waals surface area contributed by atoms with Gasteiger partial charge < -0.3 is 25.6 Å². The third-order valence-corrected chi connectivity index (χ3v) is 16.2. The molecule has 0 radical (unpaired) electrons. The van der Waals surface area contributed by atoms with Crippen molar-refractivity contribution in [2.75, 3.05) is 32.1 Å². The first-order chi connectivity index (χ1) is 22.8. The van der Waals surface area contributed by atoms with E-state index in [1.165, 1.54) is 5.57 Å². The van der Waals surface area contributed by atoms with E-state index in [1.807, 2.05) is 0 Å². The molecule has 4 fully saturated rings. The van der Waals surface area contributed by atoms with Gasteiger partial charge in [0.15, 0.2) is 0 Å². The third kappa shape index (κ3) is 5.18. The molecule has 1 aliphatic heterocycles. The highest BCUT2D eigenvalue weighted by Crippen LogP contribution is 2.75. The monoisotopic (exact) mass is 683 g/mol. The molecule has 0 aromatic carbocycles. The van der Waals surface area contributed by atoms with E-state index in [1.54, 1.807) is 4.80 Å². The Morgan fingerprint density at radius 1 is 1.14 bits per heavy atom. The van der Waals surface area contributed by atoms with Crippen molar-refractivity contribution in [1.29, 1.82) is 0 Å². The van der Waals surface area contributed by atoms with Crippen molar-refractivity contribution in [2.24, 2.45) is 62.6 Å². The second-order valence-corrected chi connectivity index (χ2v) is 18.9.